The van der Waals surface area contributed by atoms with E-state index in [1.807, 2.05) is 13.1 Å². The Morgan fingerprint density at radius 2 is 1.90 bits per heavy atom. The van der Waals surface area contributed by atoms with Gasteiger partial charge in [0.15, 0.2) is 0 Å². The van der Waals surface area contributed by atoms with Crippen molar-refractivity contribution in [2.24, 2.45) is 0 Å². The van der Waals surface area contributed by atoms with Crippen LogP contribution in [0.3, 0.4) is 0 Å². The number of aromatic nitrogens is 1. The van der Waals surface area contributed by atoms with Crippen LogP contribution in [0.25, 0.3) is 10.9 Å². The molecule has 1 heterocycles. The molecule has 2 rings (SSSR count). The van der Waals surface area contributed by atoms with Crippen LogP contribution in [0.1, 0.15) is 26.0 Å². The summed E-state index contributed by atoms with van der Waals surface area (Å²) in [5, 5.41) is 4.69. The average molecular weight is 285 g/mol. The highest BCUT2D eigenvalue weighted by molar-refractivity contribution is 5.78. The number of hydrogen-bond acceptors (Lipinski definition) is 3. The summed E-state index contributed by atoms with van der Waals surface area (Å²) in [4.78, 5) is 7.13. The number of fused-ring (bicyclic) bond motifs is 1. The lowest BCUT2D eigenvalue weighted by atomic mass is 9.85. The van der Waals surface area contributed by atoms with Crippen LogP contribution in [0, 0.1) is 0 Å². The Morgan fingerprint density at radius 3 is 2.52 bits per heavy atom. The van der Waals surface area contributed by atoms with Gasteiger partial charge in [-0.1, -0.05) is 31.2 Å². The van der Waals surface area contributed by atoms with Crippen LogP contribution in [0.2, 0.25) is 0 Å². The first-order valence-corrected chi connectivity index (χ1v) is 7.70. The van der Waals surface area contributed by atoms with Crippen LogP contribution < -0.4 is 5.32 Å². The number of likely N-dealkylation sites (N-methyl/N-ethyl adjacent to an activating group) is 2. The molecule has 0 amide bonds. The van der Waals surface area contributed by atoms with Gasteiger partial charge in [-0.25, -0.2) is 0 Å². The molecule has 0 radical (unpaired) electrons. The summed E-state index contributed by atoms with van der Waals surface area (Å²) < 4.78 is 0. The third-order valence-electron chi connectivity index (χ3n) is 4.91. The van der Waals surface area contributed by atoms with Crippen molar-refractivity contribution in [2.45, 2.75) is 38.3 Å². The SMILES string of the molecule is CCC(C)(C(Cc1ccc2ccccc2n1)NC)N(C)C. The molecular weight excluding hydrogens is 258 g/mol. The Hall–Kier alpha value is -1.45. The summed E-state index contributed by atoms with van der Waals surface area (Å²) >= 11 is 0. The van der Waals surface area contributed by atoms with Crippen LogP contribution in [-0.2, 0) is 6.42 Å². The zero-order chi connectivity index (χ0) is 15.5. The van der Waals surface area contributed by atoms with Crippen LogP contribution in [-0.4, -0.2) is 42.6 Å². The minimum Gasteiger partial charge on any atom is -0.315 e. The molecule has 3 nitrogen and oxygen atoms in total. The number of rotatable bonds is 6. The zero-order valence-electron chi connectivity index (χ0n) is 13.9. The Balaban J connectivity index is 2.28. The molecule has 114 valence electrons. The van der Waals surface area contributed by atoms with E-state index in [0.29, 0.717) is 6.04 Å². The van der Waals surface area contributed by atoms with Gasteiger partial charge in [0, 0.05) is 29.1 Å². The second-order valence-corrected chi connectivity index (χ2v) is 6.15. The second kappa shape index (κ2) is 6.54. The quantitative estimate of drug-likeness (QED) is 0.884. The minimum absolute atomic E-state index is 0.113. The third-order valence-corrected chi connectivity index (χ3v) is 4.91. The van der Waals surface area contributed by atoms with Crippen LogP contribution in [0.4, 0.5) is 0 Å². The summed E-state index contributed by atoms with van der Waals surface area (Å²) in [5.41, 5.74) is 2.34. The minimum atomic E-state index is 0.113. The maximum atomic E-state index is 4.81. The molecule has 0 spiro atoms. The highest BCUT2D eigenvalue weighted by Crippen LogP contribution is 2.24. The lowest BCUT2D eigenvalue weighted by Crippen LogP contribution is -2.57. The highest BCUT2D eigenvalue weighted by atomic mass is 15.2. The summed E-state index contributed by atoms with van der Waals surface area (Å²) in [7, 11) is 6.35. The maximum Gasteiger partial charge on any atom is 0.0705 e. The lowest BCUT2D eigenvalue weighted by molar-refractivity contribution is 0.116. The molecule has 2 unspecified atom stereocenters. The molecule has 0 aliphatic rings. The van der Waals surface area contributed by atoms with Crippen molar-refractivity contribution in [1.29, 1.82) is 0 Å². The van der Waals surface area contributed by atoms with Crippen molar-refractivity contribution >= 4 is 10.9 Å². The average Bonchev–Trinajstić information content (AvgIpc) is 2.51. The highest BCUT2D eigenvalue weighted by Gasteiger charge is 2.33. The van der Waals surface area contributed by atoms with Gasteiger partial charge in [-0.15, -0.1) is 0 Å². The van der Waals surface area contributed by atoms with E-state index >= 15 is 0 Å². The van der Waals surface area contributed by atoms with Crippen LogP contribution >= 0.6 is 0 Å². The van der Waals surface area contributed by atoms with Gasteiger partial charge in [0.1, 0.15) is 0 Å². The molecule has 0 aliphatic carbocycles. The van der Waals surface area contributed by atoms with Crippen molar-refractivity contribution in [3.63, 3.8) is 0 Å². The van der Waals surface area contributed by atoms with Gasteiger partial charge in [-0.3, -0.25) is 4.98 Å². The largest absolute Gasteiger partial charge is 0.315 e. The molecule has 0 saturated carbocycles. The standard InChI is InChI=1S/C18H27N3/c1-6-18(2,21(4)5)17(19-3)13-15-12-11-14-9-7-8-10-16(14)20-15/h7-12,17,19H,6,13H2,1-5H3. The smallest absolute Gasteiger partial charge is 0.0705 e. The van der Waals surface area contributed by atoms with E-state index in [2.05, 4.69) is 68.5 Å². The monoisotopic (exact) mass is 285 g/mol. The first kappa shape index (κ1) is 15.9. The van der Waals surface area contributed by atoms with Gasteiger partial charge < -0.3 is 10.2 Å². The van der Waals surface area contributed by atoms with Crippen LogP contribution in [0.5, 0.6) is 0 Å². The molecule has 0 fully saturated rings. The fourth-order valence-electron chi connectivity index (χ4n) is 2.94. The summed E-state index contributed by atoms with van der Waals surface area (Å²) in [6, 6.07) is 13.0. The van der Waals surface area contributed by atoms with E-state index in [1.165, 1.54) is 5.39 Å². The Kier molecular flexibility index (Phi) is 4.96. The zero-order valence-corrected chi connectivity index (χ0v) is 13.9. The molecule has 1 aromatic carbocycles. The Labute approximate surface area is 128 Å². The topological polar surface area (TPSA) is 28.2 Å². The van der Waals surface area contributed by atoms with Gasteiger partial charge in [-0.2, -0.15) is 0 Å². The summed E-state index contributed by atoms with van der Waals surface area (Å²) in [5.74, 6) is 0. The van der Waals surface area contributed by atoms with Crippen molar-refractivity contribution in [2.75, 3.05) is 21.1 Å². The van der Waals surface area contributed by atoms with Crippen molar-refractivity contribution in [1.82, 2.24) is 15.2 Å². The van der Waals surface area contributed by atoms with Crippen molar-refractivity contribution < 1.29 is 0 Å². The van der Waals surface area contributed by atoms with Crippen LogP contribution in [0.15, 0.2) is 36.4 Å². The van der Waals surface area contributed by atoms with Gasteiger partial charge in [0.2, 0.25) is 0 Å². The fourth-order valence-corrected chi connectivity index (χ4v) is 2.94. The van der Waals surface area contributed by atoms with E-state index in [-0.39, 0.29) is 5.54 Å². The van der Waals surface area contributed by atoms with E-state index in [1.54, 1.807) is 0 Å². The Bertz CT molecular complexity index is 594. The number of para-hydroxylation sites is 1. The summed E-state index contributed by atoms with van der Waals surface area (Å²) in [6.07, 6.45) is 2.03. The summed E-state index contributed by atoms with van der Waals surface area (Å²) in [6.45, 7) is 4.56. The molecule has 2 atom stereocenters. The molecule has 1 N–H and O–H groups in total. The number of nitrogens with one attached hydrogen (secondary N) is 1. The van der Waals surface area contributed by atoms with Gasteiger partial charge in [0.05, 0.1) is 5.52 Å². The third kappa shape index (κ3) is 3.25. The number of hydrogen-bond donors (Lipinski definition) is 1. The molecule has 3 heteroatoms. The van der Waals surface area contributed by atoms with E-state index in [9.17, 15) is 0 Å². The number of nitrogens with zero attached hydrogens (tertiary/aromatic N) is 2. The number of pyridine rings is 1. The second-order valence-electron chi connectivity index (χ2n) is 6.15. The predicted octanol–water partition coefficient (Wildman–Crippen LogP) is 3.10. The molecule has 2 aromatic rings. The normalized spacial score (nSPS) is 16.1. The molecular formula is C18H27N3. The van der Waals surface area contributed by atoms with Gasteiger partial charge >= 0.3 is 0 Å². The van der Waals surface area contributed by atoms with E-state index in [0.717, 1.165) is 24.1 Å². The molecule has 1 aromatic heterocycles. The molecule has 0 bridgehead atoms. The first-order chi connectivity index (χ1) is 10.0. The number of benzene rings is 1. The van der Waals surface area contributed by atoms with Gasteiger partial charge in [0.25, 0.3) is 0 Å². The first-order valence-electron chi connectivity index (χ1n) is 7.70. The Morgan fingerprint density at radius 1 is 1.19 bits per heavy atom. The lowest BCUT2D eigenvalue weighted by Gasteiger charge is -2.42. The van der Waals surface area contributed by atoms with E-state index < -0.39 is 0 Å². The van der Waals surface area contributed by atoms with E-state index in [4.69, 9.17) is 4.98 Å². The maximum absolute atomic E-state index is 4.81. The molecule has 0 saturated heterocycles. The van der Waals surface area contributed by atoms with Gasteiger partial charge in [-0.05, 0) is 46.6 Å². The fraction of sp³-hybridized carbons (Fsp3) is 0.500. The van der Waals surface area contributed by atoms with Crippen molar-refractivity contribution in [3.05, 3.63) is 42.1 Å². The molecule has 0 aliphatic heterocycles. The van der Waals surface area contributed by atoms with Crippen molar-refractivity contribution in [3.8, 4) is 0 Å². The molecule has 21 heavy (non-hydrogen) atoms. The predicted molar refractivity (Wildman–Crippen MR) is 90.7 cm³/mol.